The van der Waals surface area contributed by atoms with Gasteiger partial charge in [-0.15, -0.1) is 0 Å². The van der Waals surface area contributed by atoms with Gasteiger partial charge in [-0.25, -0.2) is 9.18 Å². The molecule has 0 saturated carbocycles. The number of amides is 1. The molecular weight excluding hydrogens is 325 g/mol. The van der Waals surface area contributed by atoms with Crippen LogP contribution in [0.4, 0.5) is 10.1 Å². The lowest BCUT2D eigenvalue weighted by Crippen LogP contribution is -2.31. The summed E-state index contributed by atoms with van der Waals surface area (Å²) in [6.45, 7) is 5.00. The van der Waals surface area contributed by atoms with E-state index in [4.69, 9.17) is 9.47 Å². The summed E-state index contributed by atoms with van der Waals surface area (Å²) in [4.78, 5) is 23.8. The third-order valence-electron chi connectivity index (χ3n) is 3.69. The molecule has 1 amide bonds. The van der Waals surface area contributed by atoms with Gasteiger partial charge in [-0.2, -0.15) is 0 Å². The second-order valence-corrected chi connectivity index (χ2v) is 5.61. The van der Waals surface area contributed by atoms with Gasteiger partial charge in [0.15, 0.2) is 12.7 Å². The van der Waals surface area contributed by atoms with E-state index in [9.17, 15) is 14.0 Å². The van der Waals surface area contributed by atoms with E-state index < -0.39 is 23.8 Å². The van der Waals surface area contributed by atoms with Crippen LogP contribution in [0.5, 0.6) is 5.75 Å². The van der Waals surface area contributed by atoms with E-state index in [0.717, 1.165) is 11.1 Å². The number of anilines is 1. The summed E-state index contributed by atoms with van der Waals surface area (Å²) in [6, 6.07) is 10.8. The van der Waals surface area contributed by atoms with Gasteiger partial charge >= 0.3 is 5.97 Å². The second kappa shape index (κ2) is 8.28. The Bertz CT molecular complexity index is 759. The zero-order chi connectivity index (χ0) is 18.4. The molecule has 5 nitrogen and oxygen atoms in total. The number of ether oxygens (including phenoxy) is 2. The number of aryl methyl sites for hydroxylation is 1. The van der Waals surface area contributed by atoms with E-state index in [0.29, 0.717) is 11.4 Å². The van der Waals surface area contributed by atoms with Crippen LogP contribution in [0.1, 0.15) is 18.1 Å². The number of carbonyl (C=O) groups excluding carboxylic acids is 2. The average Bonchev–Trinajstić information content (AvgIpc) is 2.58. The van der Waals surface area contributed by atoms with E-state index in [1.165, 1.54) is 31.2 Å². The Hall–Kier alpha value is -2.89. The number of hydrogen-bond donors (Lipinski definition) is 1. The molecule has 0 bridgehead atoms. The normalized spacial score (nSPS) is 11.5. The summed E-state index contributed by atoms with van der Waals surface area (Å²) in [5, 5.41) is 2.54. The Morgan fingerprint density at radius 3 is 2.48 bits per heavy atom. The first kappa shape index (κ1) is 18.4. The van der Waals surface area contributed by atoms with Crippen LogP contribution in [-0.4, -0.2) is 24.6 Å². The lowest BCUT2D eigenvalue weighted by molar-refractivity contribution is -0.155. The van der Waals surface area contributed by atoms with Crippen molar-refractivity contribution in [3.63, 3.8) is 0 Å². The first-order valence-corrected chi connectivity index (χ1v) is 7.81. The lowest BCUT2D eigenvalue weighted by atomic mass is 10.1. The zero-order valence-electron chi connectivity index (χ0n) is 14.3. The predicted molar refractivity (Wildman–Crippen MR) is 92.0 cm³/mol. The van der Waals surface area contributed by atoms with Crippen molar-refractivity contribution in [2.45, 2.75) is 26.9 Å². The fourth-order valence-corrected chi connectivity index (χ4v) is 2.08. The van der Waals surface area contributed by atoms with E-state index in [1.54, 1.807) is 6.07 Å². The number of carbonyl (C=O) groups is 2. The van der Waals surface area contributed by atoms with Crippen molar-refractivity contribution >= 4 is 17.6 Å². The molecule has 25 heavy (non-hydrogen) atoms. The minimum atomic E-state index is -1.00. The minimum Gasteiger partial charge on any atom is -0.482 e. The van der Waals surface area contributed by atoms with Crippen LogP contribution < -0.4 is 10.1 Å². The van der Waals surface area contributed by atoms with Crippen LogP contribution in [0.3, 0.4) is 0 Å². The quantitative estimate of drug-likeness (QED) is 0.815. The standard InChI is InChI=1S/C19H20FNO4/c1-12-5-4-6-17(13(12)2)24-11-18(22)25-14(3)19(23)21-16-9-7-15(20)8-10-16/h4-10,14H,11H2,1-3H3,(H,21,23)/t14-/m1/s1. The number of hydrogen-bond acceptors (Lipinski definition) is 4. The molecule has 2 aromatic rings. The molecule has 1 N–H and O–H groups in total. The SMILES string of the molecule is Cc1cccc(OCC(=O)O[C@H](C)C(=O)Nc2ccc(F)cc2)c1C. The Morgan fingerprint density at radius 1 is 1.12 bits per heavy atom. The van der Waals surface area contributed by atoms with Crippen LogP contribution >= 0.6 is 0 Å². The Labute approximate surface area is 145 Å². The zero-order valence-corrected chi connectivity index (χ0v) is 14.3. The topological polar surface area (TPSA) is 64.6 Å². The van der Waals surface area contributed by atoms with Crippen molar-refractivity contribution in [3.05, 3.63) is 59.4 Å². The van der Waals surface area contributed by atoms with Crippen LogP contribution in [-0.2, 0) is 14.3 Å². The molecule has 0 fully saturated rings. The van der Waals surface area contributed by atoms with Gasteiger partial charge in [0.1, 0.15) is 11.6 Å². The molecule has 0 heterocycles. The maximum absolute atomic E-state index is 12.8. The fourth-order valence-electron chi connectivity index (χ4n) is 2.08. The molecule has 0 aliphatic rings. The predicted octanol–water partition coefficient (Wildman–Crippen LogP) is 3.39. The first-order valence-electron chi connectivity index (χ1n) is 7.81. The summed E-state index contributed by atoms with van der Waals surface area (Å²) < 4.78 is 23.3. The summed E-state index contributed by atoms with van der Waals surface area (Å²) in [5.41, 5.74) is 2.41. The van der Waals surface area contributed by atoms with Gasteiger partial charge in [0.25, 0.3) is 5.91 Å². The summed E-state index contributed by atoms with van der Waals surface area (Å²) >= 11 is 0. The summed E-state index contributed by atoms with van der Waals surface area (Å²) in [6.07, 6.45) is -1.00. The molecular formula is C19H20FNO4. The Morgan fingerprint density at radius 2 is 1.80 bits per heavy atom. The molecule has 0 radical (unpaired) electrons. The molecule has 0 aliphatic heterocycles. The Balaban J connectivity index is 1.83. The van der Waals surface area contributed by atoms with Gasteiger partial charge in [0.2, 0.25) is 0 Å². The minimum absolute atomic E-state index is 0.293. The highest BCUT2D eigenvalue weighted by Gasteiger charge is 2.18. The molecule has 1 atom stereocenters. The highest BCUT2D eigenvalue weighted by atomic mass is 19.1. The van der Waals surface area contributed by atoms with Crippen molar-refractivity contribution in [3.8, 4) is 5.75 Å². The van der Waals surface area contributed by atoms with Crippen molar-refractivity contribution in [2.75, 3.05) is 11.9 Å². The molecule has 0 aliphatic carbocycles. The van der Waals surface area contributed by atoms with Crippen molar-refractivity contribution in [1.82, 2.24) is 0 Å². The van der Waals surface area contributed by atoms with Gasteiger partial charge in [0, 0.05) is 5.69 Å². The fraction of sp³-hybridized carbons (Fsp3) is 0.263. The van der Waals surface area contributed by atoms with Gasteiger partial charge < -0.3 is 14.8 Å². The number of esters is 1. The van der Waals surface area contributed by atoms with Crippen LogP contribution in [0.2, 0.25) is 0 Å². The van der Waals surface area contributed by atoms with Crippen LogP contribution in [0, 0.1) is 19.7 Å². The molecule has 2 aromatic carbocycles. The number of halogens is 1. The van der Waals surface area contributed by atoms with Crippen LogP contribution in [0.15, 0.2) is 42.5 Å². The summed E-state index contributed by atoms with van der Waals surface area (Å²) in [7, 11) is 0. The molecule has 2 rings (SSSR count). The van der Waals surface area contributed by atoms with Crippen LogP contribution in [0.25, 0.3) is 0 Å². The van der Waals surface area contributed by atoms with Gasteiger partial charge in [-0.3, -0.25) is 4.79 Å². The largest absolute Gasteiger partial charge is 0.482 e. The van der Waals surface area contributed by atoms with Crippen molar-refractivity contribution in [1.29, 1.82) is 0 Å². The van der Waals surface area contributed by atoms with Gasteiger partial charge in [-0.05, 0) is 62.2 Å². The first-order chi connectivity index (χ1) is 11.9. The van der Waals surface area contributed by atoms with Crippen molar-refractivity contribution in [2.24, 2.45) is 0 Å². The molecule has 0 aromatic heterocycles. The number of nitrogens with one attached hydrogen (secondary N) is 1. The number of rotatable bonds is 6. The lowest BCUT2D eigenvalue weighted by Gasteiger charge is -2.15. The van der Waals surface area contributed by atoms with Gasteiger partial charge in [0.05, 0.1) is 0 Å². The number of benzene rings is 2. The van der Waals surface area contributed by atoms with E-state index in [2.05, 4.69) is 5.32 Å². The highest BCUT2D eigenvalue weighted by molar-refractivity contribution is 5.95. The smallest absolute Gasteiger partial charge is 0.344 e. The molecule has 0 unspecified atom stereocenters. The average molecular weight is 345 g/mol. The summed E-state index contributed by atoms with van der Waals surface area (Å²) in [5.74, 6) is -0.962. The second-order valence-electron chi connectivity index (χ2n) is 5.61. The van der Waals surface area contributed by atoms with E-state index >= 15 is 0 Å². The maximum Gasteiger partial charge on any atom is 0.344 e. The van der Waals surface area contributed by atoms with Crippen molar-refractivity contribution < 1.29 is 23.5 Å². The highest BCUT2D eigenvalue weighted by Crippen LogP contribution is 2.20. The third-order valence-corrected chi connectivity index (χ3v) is 3.69. The van der Waals surface area contributed by atoms with Gasteiger partial charge in [-0.1, -0.05) is 12.1 Å². The molecule has 6 heteroatoms. The third kappa shape index (κ3) is 5.31. The van der Waals surface area contributed by atoms with E-state index in [-0.39, 0.29) is 6.61 Å². The Kier molecular flexibility index (Phi) is 6.11. The maximum atomic E-state index is 12.8. The molecule has 0 spiro atoms. The molecule has 0 saturated heterocycles. The molecule has 132 valence electrons. The van der Waals surface area contributed by atoms with E-state index in [1.807, 2.05) is 26.0 Å². The monoisotopic (exact) mass is 345 g/mol.